The van der Waals surface area contributed by atoms with Crippen LogP contribution in [0.4, 0.5) is 5.69 Å². The summed E-state index contributed by atoms with van der Waals surface area (Å²) >= 11 is 0. The minimum Gasteiger partial charge on any atom is -0.478 e. The van der Waals surface area contributed by atoms with Gasteiger partial charge in [-0.1, -0.05) is 41.5 Å². The minimum atomic E-state index is -0.994. The van der Waals surface area contributed by atoms with Gasteiger partial charge in [-0.05, 0) is 64.4 Å². The predicted molar refractivity (Wildman–Crippen MR) is 132 cm³/mol. The van der Waals surface area contributed by atoms with Gasteiger partial charge in [-0.25, -0.2) is 4.79 Å². The van der Waals surface area contributed by atoms with Gasteiger partial charge in [-0.2, -0.15) is 0 Å². The zero-order chi connectivity index (χ0) is 23.9. The van der Waals surface area contributed by atoms with Gasteiger partial charge in [0.05, 0.1) is 17.0 Å². The molecule has 1 heterocycles. The maximum atomic E-state index is 13.3. The SMILES string of the molecule is Cc1cccc(-c2oc3c(C(C)Nc4ccc(C)cc4C(=O)O)cc(C)cc3c(=O)c2C)c1. The highest BCUT2D eigenvalue weighted by molar-refractivity contribution is 5.94. The maximum absolute atomic E-state index is 13.3. The predicted octanol–water partition coefficient (Wildman–Crippen LogP) is 6.56. The molecule has 5 heteroatoms. The smallest absolute Gasteiger partial charge is 0.337 e. The second-order valence-corrected chi connectivity index (χ2v) is 8.71. The molecule has 33 heavy (non-hydrogen) atoms. The highest BCUT2D eigenvalue weighted by Gasteiger charge is 2.20. The second-order valence-electron chi connectivity index (χ2n) is 8.71. The second kappa shape index (κ2) is 8.58. The van der Waals surface area contributed by atoms with Gasteiger partial charge < -0.3 is 14.8 Å². The molecule has 3 aromatic carbocycles. The van der Waals surface area contributed by atoms with Gasteiger partial charge in [-0.15, -0.1) is 0 Å². The number of benzene rings is 3. The van der Waals surface area contributed by atoms with Crippen molar-refractivity contribution in [1.29, 1.82) is 0 Å². The lowest BCUT2D eigenvalue weighted by Crippen LogP contribution is -2.14. The van der Waals surface area contributed by atoms with E-state index in [9.17, 15) is 14.7 Å². The van der Waals surface area contributed by atoms with Crippen molar-refractivity contribution in [2.75, 3.05) is 5.32 Å². The Bertz CT molecular complexity index is 1450. The number of nitrogens with one attached hydrogen (secondary N) is 1. The van der Waals surface area contributed by atoms with Crippen molar-refractivity contribution in [2.45, 2.75) is 40.7 Å². The lowest BCUT2D eigenvalue weighted by Gasteiger charge is -2.20. The van der Waals surface area contributed by atoms with Crippen molar-refractivity contribution >= 4 is 22.6 Å². The third-order valence-electron chi connectivity index (χ3n) is 5.92. The maximum Gasteiger partial charge on any atom is 0.337 e. The lowest BCUT2D eigenvalue weighted by molar-refractivity contribution is 0.0697. The summed E-state index contributed by atoms with van der Waals surface area (Å²) < 4.78 is 6.40. The average molecular weight is 442 g/mol. The number of carbonyl (C=O) groups is 1. The first-order valence-electron chi connectivity index (χ1n) is 10.9. The van der Waals surface area contributed by atoms with Gasteiger partial charge in [0, 0.05) is 22.4 Å². The standard InChI is InChI=1S/C28H27NO4/c1-15-7-6-8-20(11-15)26-18(4)25(30)23-14-17(3)13-21(27(23)33-26)19(5)29-24-10-9-16(2)12-22(24)28(31)32/h6-14,19,29H,1-5H3,(H,31,32). The first-order valence-corrected chi connectivity index (χ1v) is 10.9. The highest BCUT2D eigenvalue weighted by atomic mass is 16.4. The summed E-state index contributed by atoms with van der Waals surface area (Å²) in [7, 11) is 0. The molecular formula is C28H27NO4. The molecule has 0 amide bonds. The number of hydrogen-bond acceptors (Lipinski definition) is 4. The molecule has 1 atom stereocenters. The zero-order valence-corrected chi connectivity index (χ0v) is 19.4. The first-order chi connectivity index (χ1) is 15.7. The van der Waals surface area contributed by atoms with Gasteiger partial charge in [-0.3, -0.25) is 4.79 Å². The molecule has 0 aliphatic heterocycles. The van der Waals surface area contributed by atoms with E-state index in [1.54, 1.807) is 19.1 Å². The van der Waals surface area contributed by atoms with E-state index in [-0.39, 0.29) is 17.0 Å². The molecule has 1 unspecified atom stereocenters. The molecule has 4 rings (SSSR count). The lowest BCUT2D eigenvalue weighted by atomic mass is 9.98. The number of fused-ring (bicyclic) bond motifs is 1. The number of hydrogen-bond donors (Lipinski definition) is 2. The highest BCUT2D eigenvalue weighted by Crippen LogP contribution is 2.33. The molecule has 0 spiro atoms. The van der Waals surface area contributed by atoms with Crippen molar-refractivity contribution in [3.05, 3.63) is 98.2 Å². The molecule has 5 nitrogen and oxygen atoms in total. The van der Waals surface area contributed by atoms with E-state index in [2.05, 4.69) is 5.32 Å². The minimum absolute atomic E-state index is 0.0635. The average Bonchev–Trinajstić information content (AvgIpc) is 2.77. The molecule has 0 bridgehead atoms. The summed E-state index contributed by atoms with van der Waals surface area (Å²) in [5.41, 5.74) is 6.27. The van der Waals surface area contributed by atoms with E-state index in [4.69, 9.17) is 4.42 Å². The van der Waals surface area contributed by atoms with E-state index in [0.29, 0.717) is 28.0 Å². The van der Waals surface area contributed by atoms with Crippen molar-refractivity contribution in [2.24, 2.45) is 0 Å². The Hall–Kier alpha value is -3.86. The van der Waals surface area contributed by atoms with Crippen LogP contribution in [0, 0.1) is 27.7 Å². The summed E-state index contributed by atoms with van der Waals surface area (Å²) in [6.45, 7) is 9.52. The van der Waals surface area contributed by atoms with Crippen LogP contribution in [-0.4, -0.2) is 11.1 Å². The van der Waals surface area contributed by atoms with E-state index in [1.165, 1.54) is 0 Å². The topological polar surface area (TPSA) is 79.5 Å². The molecule has 0 fully saturated rings. The first kappa shape index (κ1) is 22.3. The van der Waals surface area contributed by atoms with E-state index in [0.717, 1.165) is 27.8 Å². The Morgan fingerprint density at radius 2 is 1.67 bits per heavy atom. The Morgan fingerprint density at radius 1 is 0.939 bits per heavy atom. The van der Waals surface area contributed by atoms with Crippen LogP contribution in [0.1, 0.15) is 51.1 Å². The Labute approximate surface area is 192 Å². The number of aromatic carboxylic acids is 1. The number of carboxylic acids is 1. The van der Waals surface area contributed by atoms with Crippen LogP contribution in [0.15, 0.2) is 63.8 Å². The third kappa shape index (κ3) is 4.27. The summed E-state index contributed by atoms with van der Waals surface area (Å²) in [4.78, 5) is 25.1. The largest absolute Gasteiger partial charge is 0.478 e. The van der Waals surface area contributed by atoms with E-state index < -0.39 is 5.97 Å². The van der Waals surface area contributed by atoms with Crippen molar-refractivity contribution < 1.29 is 14.3 Å². The van der Waals surface area contributed by atoms with Crippen LogP contribution < -0.4 is 10.7 Å². The monoisotopic (exact) mass is 441 g/mol. The molecule has 0 radical (unpaired) electrons. The Balaban J connectivity index is 1.89. The summed E-state index contributed by atoms with van der Waals surface area (Å²) in [6.07, 6.45) is 0. The number of rotatable bonds is 5. The van der Waals surface area contributed by atoms with Gasteiger partial charge >= 0.3 is 5.97 Å². The fraction of sp³-hybridized carbons (Fsp3) is 0.214. The molecule has 168 valence electrons. The van der Waals surface area contributed by atoms with Gasteiger partial charge in [0.2, 0.25) is 0 Å². The molecule has 0 saturated carbocycles. The van der Waals surface area contributed by atoms with E-state index in [1.807, 2.05) is 70.2 Å². The zero-order valence-electron chi connectivity index (χ0n) is 19.4. The fourth-order valence-corrected chi connectivity index (χ4v) is 4.22. The Morgan fingerprint density at radius 3 is 2.36 bits per heavy atom. The van der Waals surface area contributed by atoms with Crippen LogP contribution in [0.25, 0.3) is 22.3 Å². The fourth-order valence-electron chi connectivity index (χ4n) is 4.22. The van der Waals surface area contributed by atoms with Crippen molar-refractivity contribution in [3.63, 3.8) is 0 Å². The Kier molecular flexibility index (Phi) is 5.81. The molecule has 2 N–H and O–H groups in total. The molecule has 4 aromatic rings. The molecule has 0 saturated heterocycles. The molecule has 0 aliphatic carbocycles. The van der Waals surface area contributed by atoms with Crippen LogP contribution in [0.2, 0.25) is 0 Å². The van der Waals surface area contributed by atoms with Gasteiger partial charge in [0.1, 0.15) is 11.3 Å². The summed E-state index contributed by atoms with van der Waals surface area (Å²) in [5, 5.41) is 13.5. The van der Waals surface area contributed by atoms with Crippen LogP contribution >= 0.6 is 0 Å². The van der Waals surface area contributed by atoms with Crippen molar-refractivity contribution in [1.82, 2.24) is 0 Å². The van der Waals surface area contributed by atoms with Gasteiger partial charge in [0.15, 0.2) is 5.43 Å². The number of aryl methyl sites for hydroxylation is 3. The normalized spacial score (nSPS) is 12.0. The molecule has 0 aliphatic rings. The number of anilines is 1. The quantitative estimate of drug-likeness (QED) is 0.366. The van der Waals surface area contributed by atoms with Crippen molar-refractivity contribution in [3.8, 4) is 11.3 Å². The van der Waals surface area contributed by atoms with Crippen LogP contribution in [0.3, 0.4) is 0 Å². The van der Waals surface area contributed by atoms with Gasteiger partial charge in [0.25, 0.3) is 0 Å². The third-order valence-corrected chi connectivity index (χ3v) is 5.92. The van der Waals surface area contributed by atoms with Crippen LogP contribution in [-0.2, 0) is 0 Å². The number of carboxylic acid groups (broad SMARTS) is 1. The molecular weight excluding hydrogens is 414 g/mol. The summed E-state index contributed by atoms with van der Waals surface area (Å²) in [6, 6.07) is 16.7. The summed E-state index contributed by atoms with van der Waals surface area (Å²) in [5.74, 6) is -0.443. The van der Waals surface area contributed by atoms with E-state index >= 15 is 0 Å². The van der Waals surface area contributed by atoms with Crippen LogP contribution in [0.5, 0.6) is 0 Å². The molecule has 1 aromatic heterocycles.